The molecule has 0 aliphatic rings. The fourth-order valence-corrected chi connectivity index (χ4v) is 0.502. The third kappa shape index (κ3) is 7.01. The molecular weight excluding hydrogens is 164 g/mol. The van der Waals surface area contributed by atoms with Crippen molar-refractivity contribution >= 4 is 12.4 Å². The number of esters is 1. The summed E-state index contributed by atoms with van der Waals surface area (Å²) < 4.78 is 13.7. The molecule has 0 bridgehead atoms. The minimum Gasteiger partial charge on any atom is -0.461 e. The van der Waals surface area contributed by atoms with E-state index in [0.717, 1.165) is 0 Å². The average Bonchev–Trinajstić information content (AvgIpc) is 2.09. The largest absolute Gasteiger partial charge is 0.461 e. The second-order valence-electron chi connectivity index (χ2n) is 1.82. The van der Waals surface area contributed by atoms with Crippen LogP contribution in [0.25, 0.3) is 0 Å². The van der Waals surface area contributed by atoms with Crippen molar-refractivity contribution in [2.75, 3.05) is 26.4 Å². The summed E-state index contributed by atoms with van der Waals surface area (Å²) in [5.41, 5.74) is 0. The molecule has 0 heterocycles. The molecule has 0 spiro atoms. The lowest BCUT2D eigenvalue weighted by Gasteiger charge is -2.03. The Morgan fingerprint density at radius 2 is 2.17 bits per heavy atom. The number of hydrogen-bond donors (Lipinski definition) is 0. The molecule has 70 valence electrons. The van der Waals surface area contributed by atoms with Crippen LogP contribution in [-0.4, -0.2) is 38.9 Å². The summed E-state index contributed by atoms with van der Waals surface area (Å²) in [6.07, 6.45) is 0. The van der Waals surface area contributed by atoms with Gasteiger partial charge in [-0.25, -0.2) is 4.79 Å². The molecule has 0 aliphatic carbocycles. The van der Waals surface area contributed by atoms with E-state index in [2.05, 4.69) is 9.47 Å². The van der Waals surface area contributed by atoms with Gasteiger partial charge in [-0.3, -0.25) is 4.79 Å². The van der Waals surface area contributed by atoms with Crippen molar-refractivity contribution in [3.05, 3.63) is 0 Å². The van der Waals surface area contributed by atoms with Gasteiger partial charge in [-0.1, -0.05) is 0 Å². The zero-order valence-corrected chi connectivity index (χ0v) is 6.95. The highest BCUT2D eigenvalue weighted by Gasteiger charge is 2.01. The molecule has 0 unspecified atom stereocenters. The number of carbonyl (C=O) groups is 2. The third-order valence-electron chi connectivity index (χ3n) is 0.964. The number of rotatable bonds is 7. The van der Waals surface area contributed by atoms with Gasteiger partial charge in [-0.2, -0.15) is 0 Å². The van der Waals surface area contributed by atoms with Crippen LogP contribution in [0.15, 0.2) is 0 Å². The second kappa shape index (κ2) is 8.00. The summed E-state index contributed by atoms with van der Waals surface area (Å²) >= 11 is 0. The van der Waals surface area contributed by atoms with Gasteiger partial charge in [-0.05, 0) is 6.92 Å². The molecule has 0 saturated heterocycles. The molecule has 0 aromatic carbocycles. The molecule has 0 N–H and O–H groups in total. The summed E-state index contributed by atoms with van der Waals surface area (Å²) in [4.78, 5) is 20.2. The van der Waals surface area contributed by atoms with Crippen LogP contribution in [0.2, 0.25) is 0 Å². The number of ether oxygens (including phenoxy) is 3. The molecule has 0 amide bonds. The SMILES string of the molecule is CCOCCOC(=O)COC=O. The molecule has 0 radical (unpaired) electrons. The van der Waals surface area contributed by atoms with Gasteiger partial charge in [-0.15, -0.1) is 0 Å². The van der Waals surface area contributed by atoms with E-state index < -0.39 is 5.97 Å². The highest BCUT2D eigenvalue weighted by molar-refractivity contribution is 5.71. The summed E-state index contributed by atoms with van der Waals surface area (Å²) in [6, 6.07) is 0. The smallest absolute Gasteiger partial charge is 0.344 e. The van der Waals surface area contributed by atoms with Crippen LogP contribution in [0, 0.1) is 0 Å². The van der Waals surface area contributed by atoms with Gasteiger partial charge in [0.15, 0.2) is 6.61 Å². The van der Waals surface area contributed by atoms with E-state index in [1.165, 1.54) is 0 Å². The Labute approximate surface area is 70.6 Å². The molecule has 0 fully saturated rings. The first-order valence-corrected chi connectivity index (χ1v) is 3.60. The first-order chi connectivity index (χ1) is 5.81. The van der Waals surface area contributed by atoms with Crippen LogP contribution in [0.4, 0.5) is 0 Å². The van der Waals surface area contributed by atoms with E-state index in [0.29, 0.717) is 13.2 Å². The van der Waals surface area contributed by atoms with Crippen molar-refractivity contribution in [1.82, 2.24) is 0 Å². The third-order valence-corrected chi connectivity index (χ3v) is 0.964. The molecule has 0 atom stereocenters. The van der Waals surface area contributed by atoms with Gasteiger partial charge in [0.1, 0.15) is 6.61 Å². The van der Waals surface area contributed by atoms with Gasteiger partial charge in [0.2, 0.25) is 0 Å². The Morgan fingerprint density at radius 1 is 1.42 bits per heavy atom. The maximum absolute atomic E-state index is 10.6. The summed E-state index contributed by atoms with van der Waals surface area (Å²) in [5.74, 6) is -0.568. The Kier molecular flexibility index (Phi) is 7.27. The highest BCUT2D eigenvalue weighted by Crippen LogP contribution is 1.81. The van der Waals surface area contributed by atoms with Crippen molar-refractivity contribution in [1.29, 1.82) is 0 Å². The van der Waals surface area contributed by atoms with Crippen LogP contribution in [0.5, 0.6) is 0 Å². The molecule has 0 aliphatic heterocycles. The predicted octanol–water partition coefficient (Wildman–Crippen LogP) is -0.261. The lowest BCUT2D eigenvalue weighted by atomic mass is 10.7. The standard InChI is InChI=1S/C7H12O5/c1-2-10-3-4-12-7(9)5-11-6-8/h6H,2-5H2,1H3. The predicted molar refractivity (Wildman–Crippen MR) is 39.5 cm³/mol. The van der Waals surface area contributed by atoms with Crippen LogP contribution in [0.3, 0.4) is 0 Å². The Morgan fingerprint density at radius 3 is 2.75 bits per heavy atom. The monoisotopic (exact) mass is 176 g/mol. The fraction of sp³-hybridized carbons (Fsp3) is 0.714. The van der Waals surface area contributed by atoms with E-state index in [1.54, 1.807) is 0 Å². The van der Waals surface area contributed by atoms with Gasteiger partial charge in [0, 0.05) is 6.61 Å². The van der Waals surface area contributed by atoms with Crippen LogP contribution in [-0.2, 0) is 23.8 Å². The van der Waals surface area contributed by atoms with E-state index in [-0.39, 0.29) is 19.7 Å². The Balaban J connectivity index is 3.13. The van der Waals surface area contributed by atoms with Crippen molar-refractivity contribution < 1.29 is 23.8 Å². The minimum absolute atomic E-state index is 0.189. The lowest BCUT2D eigenvalue weighted by Crippen LogP contribution is -2.15. The fourth-order valence-electron chi connectivity index (χ4n) is 0.502. The molecular formula is C7H12O5. The highest BCUT2D eigenvalue weighted by atomic mass is 16.6. The normalized spacial score (nSPS) is 9.08. The molecule has 5 nitrogen and oxygen atoms in total. The molecule has 0 saturated carbocycles. The first-order valence-electron chi connectivity index (χ1n) is 3.60. The lowest BCUT2D eigenvalue weighted by molar-refractivity contribution is -0.154. The molecule has 0 aromatic heterocycles. The van der Waals surface area contributed by atoms with E-state index in [9.17, 15) is 9.59 Å². The second-order valence-corrected chi connectivity index (χ2v) is 1.82. The van der Waals surface area contributed by atoms with Crippen molar-refractivity contribution in [2.24, 2.45) is 0 Å². The maximum Gasteiger partial charge on any atom is 0.344 e. The minimum atomic E-state index is -0.568. The zero-order valence-electron chi connectivity index (χ0n) is 6.95. The van der Waals surface area contributed by atoms with Crippen LogP contribution in [0.1, 0.15) is 6.92 Å². The van der Waals surface area contributed by atoms with Gasteiger partial charge in [0.05, 0.1) is 6.61 Å². The summed E-state index contributed by atoms with van der Waals surface area (Å²) in [7, 11) is 0. The van der Waals surface area contributed by atoms with Crippen molar-refractivity contribution in [3.8, 4) is 0 Å². The number of hydrogen-bond acceptors (Lipinski definition) is 5. The van der Waals surface area contributed by atoms with E-state index in [1.807, 2.05) is 6.92 Å². The van der Waals surface area contributed by atoms with Gasteiger partial charge >= 0.3 is 5.97 Å². The average molecular weight is 176 g/mol. The van der Waals surface area contributed by atoms with E-state index in [4.69, 9.17) is 4.74 Å². The molecule has 0 rings (SSSR count). The topological polar surface area (TPSA) is 61.8 Å². The van der Waals surface area contributed by atoms with Gasteiger partial charge < -0.3 is 14.2 Å². The Bertz CT molecular complexity index is 134. The quantitative estimate of drug-likeness (QED) is 0.304. The molecule has 0 aromatic rings. The summed E-state index contributed by atoms with van der Waals surface area (Å²) in [5, 5.41) is 0. The maximum atomic E-state index is 10.6. The molecule has 5 heteroatoms. The van der Waals surface area contributed by atoms with Crippen LogP contribution < -0.4 is 0 Å². The number of carbonyl (C=O) groups excluding carboxylic acids is 2. The van der Waals surface area contributed by atoms with E-state index >= 15 is 0 Å². The van der Waals surface area contributed by atoms with Crippen molar-refractivity contribution in [2.45, 2.75) is 6.92 Å². The zero-order chi connectivity index (χ0) is 9.23. The van der Waals surface area contributed by atoms with Gasteiger partial charge in [0.25, 0.3) is 6.47 Å². The van der Waals surface area contributed by atoms with Crippen LogP contribution >= 0.6 is 0 Å². The summed E-state index contributed by atoms with van der Waals surface area (Å²) in [6.45, 7) is 2.84. The molecule has 12 heavy (non-hydrogen) atoms. The first kappa shape index (κ1) is 10.9. The Hall–Kier alpha value is -1.10. The van der Waals surface area contributed by atoms with Crippen molar-refractivity contribution in [3.63, 3.8) is 0 Å².